The van der Waals surface area contributed by atoms with Gasteiger partial charge < -0.3 is 0 Å². The summed E-state index contributed by atoms with van der Waals surface area (Å²) in [5.41, 5.74) is 2.26. The summed E-state index contributed by atoms with van der Waals surface area (Å²) in [4.78, 5) is 0. The summed E-state index contributed by atoms with van der Waals surface area (Å²) in [6.07, 6.45) is 10.2. The van der Waals surface area contributed by atoms with Crippen molar-refractivity contribution in [3.8, 4) is 0 Å². The Kier molecular flexibility index (Phi) is 10.9. The van der Waals surface area contributed by atoms with E-state index in [2.05, 4.69) is 93.0 Å². The van der Waals surface area contributed by atoms with Gasteiger partial charge in [-0.2, -0.15) is 0 Å². The fourth-order valence-corrected chi connectivity index (χ4v) is 5.24. The van der Waals surface area contributed by atoms with Crippen LogP contribution >= 0.6 is 7.44 Å². The van der Waals surface area contributed by atoms with Gasteiger partial charge in [-0.3, -0.25) is 4.57 Å². The van der Waals surface area contributed by atoms with E-state index >= 15 is 0 Å². The number of hydrogen-bond acceptors (Lipinski definition) is 1. The Balaban J connectivity index is 2.18. The summed E-state index contributed by atoms with van der Waals surface area (Å²) in [7, 11) is -3.01. The molecular weight excluding hydrogens is 411 g/mol. The summed E-state index contributed by atoms with van der Waals surface area (Å²) in [6, 6.07) is 20.3. The molecule has 0 amide bonds. The van der Waals surface area contributed by atoms with Crippen LogP contribution in [0.3, 0.4) is 0 Å². The monoisotopic (exact) mass is 450 g/mol. The number of nitrogens with one attached hydrogen (secondary N) is 2. The molecule has 0 aromatic heterocycles. The van der Waals surface area contributed by atoms with Crippen LogP contribution in [0, 0.1) is 11.8 Å². The third-order valence-corrected chi connectivity index (χ3v) is 7.01. The highest BCUT2D eigenvalue weighted by Crippen LogP contribution is 2.40. The summed E-state index contributed by atoms with van der Waals surface area (Å²) in [5, 5.41) is 6.78. The second-order valence-corrected chi connectivity index (χ2v) is 11.3. The number of rotatable bonds is 13. The Morgan fingerprint density at radius 3 is 1.44 bits per heavy atom. The fraction of sp³-hybridized carbons (Fsp3) is 0.357. The smallest absolute Gasteiger partial charge is 0.233 e. The van der Waals surface area contributed by atoms with Crippen LogP contribution in [0.15, 0.2) is 85.2 Å². The molecule has 4 heteroatoms. The van der Waals surface area contributed by atoms with Crippen molar-refractivity contribution < 1.29 is 4.57 Å². The van der Waals surface area contributed by atoms with Crippen LogP contribution in [0.25, 0.3) is 12.2 Å². The second kappa shape index (κ2) is 13.4. The Bertz CT molecular complexity index is 834. The molecule has 2 aromatic rings. The molecule has 0 saturated carbocycles. The minimum atomic E-state index is -3.01. The summed E-state index contributed by atoms with van der Waals surface area (Å²) < 4.78 is 13.8. The van der Waals surface area contributed by atoms with Gasteiger partial charge in [0, 0.05) is 12.1 Å². The molecule has 172 valence electrons. The van der Waals surface area contributed by atoms with Gasteiger partial charge in [0.1, 0.15) is 0 Å². The second-order valence-electron chi connectivity index (χ2n) is 9.11. The zero-order chi connectivity index (χ0) is 23.4. The average Bonchev–Trinajstić information content (AvgIpc) is 2.76. The Morgan fingerprint density at radius 2 is 1.12 bits per heavy atom. The first-order valence-electron chi connectivity index (χ1n) is 11.5. The number of hydrogen-bond donors (Lipinski definition) is 2. The van der Waals surface area contributed by atoms with Crippen molar-refractivity contribution in [2.75, 3.05) is 0 Å². The van der Waals surface area contributed by atoms with Crippen molar-refractivity contribution in [2.45, 2.75) is 52.6 Å². The zero-order valence-electron chi connectivity index (χ0n) is 19.9. The van der Waals surface area contributed by atoms with E-state index in [-0.39, 0.29) is 12.1 Å². The van der Waals surface area contributed by atoms with Gasteiger partial charge in [-0.15, -0.1) is 0 Å². The molecule has 3 nitrogen and oxygen atoms in total. The lowest BCUT2D eigenvalue weighted by atomic mass is 10.0. The van der Waals surface area contributed by atoms with Gasteiger partial charge in [-0.05, 0) is 41.6 Å². The molecule has 0 saturated heterocycles. The van der Waals surface area contributed by atoms with Gasteiger partial charge in [-0.25, -0.2) is 10.2 Å². The maximum atomic E-state index is 13.8. The first-order chi connectivity index (χ1) is 15.3. The average molecular weight is 451 g/mol. The van der Waals surface area contributed by atoms with Crippen LogP contribution in [-0.2, 0) is 4.57 Å². The molecule has 0 bridgehead atoms. The molecule has 2 rings (SSSR count). The maximum Gasteiger partial charge on any atom is 0.233 e. The predicted octanol–water partition coefficient (Wildman–Crippen LogP) is 7.76. The first kappa shape index (κ1) is 26.1. The van der Waals surface area contributed by atoms with Crippen molar-refractivity contribution in [3.05, 3.63) is 96.3 Å². The van der Waals surface area contributed by atoms with Gasteiger partial charge >= 0.3 is 0 Å². The molecule has 0 unspecified atom stereocenters. The van der Waals surface area contributed by atoms with Crippen LogP contribution in [0.5, 0.6) is 0 Å². The lowest BCUT2D eigenvalue weighted by molar-refractivity contribution is 0.485. The first-order valence-corrected chi connectivity index (χ1v) is 13.3. The summed E-state index contributed by atoms with van der Waals surface area (Å²) in [5.74, 6) is 2.49. The van der Waals surface area contributed by atoms with Gasteiger partial charge in [0.15, 0.2) is 0 Å². The minimum absolute atomic E-state index is 0.0238. The van der Waals surface area contributed by atoms with E-state index in [0.717, 1.165) is 24.0 Å². The molecule has 0 heterocycles. The quantitative estimate of drug-likeness (QED) is 0.306. The van der Waals surface area contributed by atoms with E-state index in [0.29, 0.717) is 11.8 Å². The van der Waals surface area contributed by atoms with Crippen molar-refractivity contribution in [1.82, 2.24) is 10.2 Å². The Labute approximate surface area is 195 Å². The highest BCUT2D eigenvalue weighted by atomic mass is 31.2. The SMILES string of the molecule is C=CP(=O)(N[C@H](/C=C/c1ccccc1)CC(C)C)N[C@H](/C=C/c1ccccc1)CC(C)C. The molecule has 2 aromatic carbocycles. The Morgan fingerprint density at radius 1 is 0.750 bits per heavy atom. The molecular formula is C28H39N2OP. The van der Waals surface area contributed by atoms with E-state index < -0.39 is 7.44 Å². The normalized spacial score (nSPS) is 14.4. The molecule has 0 aliphatic heterocycles. The zero-order valence-corrected chi connectivity index (χ0v) is 20.8. The van der Waals surface area contributed by atoms with Gasteiger partial charge in [0.05, 0.1) is 0 Å². The molecule has 2 atom stereocenters. The van der Waals surface area contributed by atoms with Crippen LogP contribution in [0.4, 0.5) is 0 Å². The van der Waals surface area contributed by atoms with Crippen molar-refractivity contribution in [2.24, 2.45) is 11.8 Å². The van der Waals surface area contributed by atoms with Crippen LogP contribution in [0.2, 0.25) is 0 Å². The standard InChI is InChI=1S/C28H39N2OP/c1-6-32(31,29-27(21-23(2)3)19-17-25-13-9-7-10-14-25)30-28(22-24(4)5)20-18-26-15-11-8-12-16-26/h6-20,23-24,27-28H,1,21-22H2,2-5H3,(H2,29,30,31)/b19-17+,20-18+/t27-,28-/m1/s1. The minimum Gasteiger partial charge on any atom is -0.285 e. The predicted molar refractivity (Wildman–Crippen MR) is 142 cm³/mol. The van der Waals surface area contributed by atoms with Crippen LogP contribution in [0.1, 0.15) is 51.7 Å². The van der Waals surface area contributed by atoms with Gasteiger partial charge in [-0.1, -0.05) is 119 Å². The van der Waals surface area contributed by atoms with Crippen molar-refractivity contribution >= 4 is 19.6 Å². The van der Waals surface area contributed by atoms with Crippen LogP contribution < -0.4 is 10.2 Å². The highest BCUT2D eigenvalue weighted by molar-refractivity contribution is 7.63. The molecule has 0 fully saturated rings. The molecule has 0 spiro atoms. The molecule has 32 heavy (non-hydrogen) atoms. The van der Waals surface area contributed by atoms with E-state index in [4.69, 9.17) is 0 Å². The van der Waals surface area contributed by atoms with Gasteiger partial charge in [0.2, 0.25) is 7.44 Å². The van der Waals surface area contributed by atoms with Crippen LogP contribution in [-0.4, -0.2) is 12.1 Å². The van der Waals surface area contributed by atoms with Gasteiger partial charge in [0.25, 0.3) is 0 Å². The third-order valence-electron chi connectivity index (χ3n) is 5.06. The van der Waals surface area contributed by atoms with Crippen molar-refractivity contribution in [1.29, 1.82) is 0 Å². The van der Waals surface area contributed by atoms with E-state index in [1.165, 1.54) is 0 Å². The van der Waals surface area contributed by atoms with E-state index in [9.17, 15) is 4.57 Å². The lowest BCUT2D eigenvalue weighted by Crippen LogP contribution is -2.35. The largest absolute Gasteiger partial charge is 0.285 e. The molecule has 0 aliphatic rings. The maximum absolute atomic E-state index is 13.8. The molecule has 2 N–H and O–H groups in total. The van der Waals surface area contributed by atoms with E-state index in [1.807, 2.05) is 36.4 Å². The third kappa shape index (κ3) is 9.96. The Hall–Kier alpha value is -2.19. The highest BCUT2D eigenvalue weighted by Gasteiger charge is 2.25. The van der Waals surface area contributed by atoms with E-state index in [1.54, 1.807) is 5.82 Å². The fourth-order valence-electron chi connectivity index (χ4n) is 3.58. The molecule has 0 aliphatic carbocycles. The molecule has 0 radical (unpaired) electrons. The topological polar surface area (TPSA) is 41.1 Å². The lowest BCUT2D eigenvalue weighted by Gasteiger charge is -2.27. The van der Waals surface area contributed by atoms with Crippen molar-refractivity contribution in [3.63, 3.8) is 0 Å². The number of benzene rings is 2. The summed E-state index contributed by atoms with van der Waals surface area (Å²) >= 11 is 0. The summed E-state index contributed by atoms with van der Waals surface area (Å²) in [6.45, 7) is 12.6.